The number of nitrogens with zero attached hydrogens (tertiary/aromatic N) is 2. The molecule has 2 aromatic carbocycles. The molecule has 8 nitrogen and oxygen atoms in total. The molecule has 0 spiro atoms. The number of carbonyl (C=O) groups excluding carboxylic acids is 2. The lowest BCUT2D eigenvalue weighted by molar-refractivity contribution is -0.131. The van der Waals surface area contributed by atoms with E-state index in [1.54, 1.807) is 25.3 Å². The quantitative estimate of drug-likeness (QED) is 0.440. The minimum atomic E-state index is -0.967. The summed E-state index contributed by atoms with van der Waals surface area (Å²) in [4.78, 5) is 23.2. The molecule has 1 aliphatic heterocycles. The Morgan fingerprint density at radius 1 is 1.26 bits per heavy atom. The Bertz CT molecular complexity index is 881. The molecule has 8 heteroatoms. The number of carbonyl (C=O) groups is 2. The highest BCUT2D eigenvalue weighted by atomic mass is 16.5. The summed E-state index contributed by atoms with van der Waals surface area (Å²) in [5.74, 6) is -0.862. The van der Waals surface area contributed by atoms with Gasteiger partial charge in [0.2, 0.25) is 0 Å². The van der Waals surface area contributed by atoms with Crippen molar-refractivity contribution in [3.05, 3.63) is 59.7 Å². The molecule has 0 aromatic heterocycles. The van der Waals surface area contributed by atoms with E-state index in [4.69, 9.17) is 9.47 Å². The summed E-state index contributed by atoms with van der Waals surface area (Å²) in [5, 5.41) is 7.39. The van der Waals surface area contributed by atoms with Crippen molar-refractivity contribution >= 4 is 24.2 Å². The highest BCUT2D eigenvalue weighted by Crippen LogP contribution is 2.28. The molecule has 0 fully saturated rings. The summed E-state index contributed by atoms with van der Waals surface area (Å²) in [7, 11) is 1.55. The lowest BCUT2D eigenvalue weighted by Gasteiger charge is -2.11. The number of rotatable bonds is 7. The molecule has 1 heterocycles. The monoisotopic (exact) mass is 366 g/mol. The van der Waals surface area contributed by atoms with Crippen molar-refractivity contribution in [2.45, 2.75) is 6.61 Å². The molecule has 0 saturated heterocycles. The number of nitrogens with one attached hydrogen (secondary N) is 2. The normalized spacial score (nSPS) is 15.6. The zero-order chi connectivity index (χ0) is 19.1. The molecule has 2 amide bonds. The Balaban J connectivity index is 1.60. The zero-order valence-corrected chi connectivity index (χ0v) is 14.6. The van der Waals surface area contributed by atoms with Crippen molar-refractivity contribution in [3.8, 4) is 11.5 Å². The second-order valence-corrected chi connectivity index (χ2v) is 5.65. The maximum Gasteiger partial charge on any atom is 0.258 e. The number of hydrogen-bond acceptors (Lipinski definition) is 6. The van der Waals surface area contributed by atoms with Crippen LogP contribution in [0.3, 0.4) is 0 Å². The zero-order valence-electron chi connectivity index (χ0n) is 14.6. The third-order valence-electron chi connectivity index (χ3n) is 3.78. The molecule has 3 rings (SSSR count). The van der Waals surface area contributed by atoms with Gasteiger partial charge in [0, 0.05) is 6.21 Å². The fourth-order valence-electron chi connectivity index (χ4n) is 2.36. The Morgan fingerprint density at radius 3 is 2.78 bits per heavy atom. The Labute approximate surface area is 155 Å². The van der Waals surface area contributed by atoms with E-state index in [1.165, 1.54) is 12.4 Å². The van der Waals surface area contributed by atoms with Crippen LogP contribution in [0.4, 0.5) is 0 Å². The van der Waals surface area contributed by atoms with Crippen LogP contribution in [0, 0.1) is 5.92 Å². The Hall–Kier alpha value is -3.68. The van der Waals surface area contributed by atoms with Gasteiger partial charge in [-0.3, -0.25) is 9.59 Å². The first kappa shape index (κ1) is 18.1. The van der Waals surface area contributed by atoms with E-state index in [9.17, 15) is 9.59 Å². The second-order valence-electron chi connectivity index (χ2n) is 5.65. The van der Waals surface area contributed by atoms with Crippen LogP contribution in [-0.4, -0.2) is 31.4 Å². The molecule has 2 aromatic rings. The lowest BCUT2D eigenvalue weighted by Crippen LogP contribution is -2.34. The van der Waals surface area contributed by atoms with E-state index in [1.807, 2.05) is 30.3 Å². The van der Waals surface area contributed by atoms with Crippen LogP contribution in [0.15, 0.2) is 58.7 Å². The van der Waals surface area contributed by atoms with Crippen molar-refractivity contribution in [1.29, 1.82) is 0 Å². The SMILES string of the molecule is COc1cc(/C=N\NC(=O)[C@@H]2C=NNC2=O)ccc1OCc1ccccc1. The fraction of sp³-hybridized carbons (Fsp3) is 0.158. The van der Waals surface area contributed by atoms with E-state index < -0.39 is 17.7 Å². The highest BCUT2D eigenvalue weighted by Gasteiger charge is 2.28. The van der Waals surface area contributed by atoms with Gasteiger partial charge >= 0.3 is 0 Å². The average molecular weight is 366 g/mol. The van der Waals surface area contributed by atoms with Crippen LogP contribution >= 0.6 is 0 Å². The minimum absolute atomic E-state index is 0.422. The van der Waals surface area contributed by atoms with Gasteiger partial charge in [-0.15, -0.1) is 0 Å². The molecule has 0 unspecified atom stereocenters. The standard InChI is InChI=1S/C19H18N4O4/c1-26-17-9-14(10-20-22-18(24)15-11-21-23-19(15)25)7-8-16(17)27-12-13-5-3-2-4-6-13/h2-11,15H,12H2,1H3,(H,22,24)(H,23,25)/b20-10-/t15-/m0/s1. The van der Waals surface area contributed by atoms with E-state index in [0.717, 1.165) is 5.56 Å². The van der Waals surface area contributed by atoms with Crippen molar-refractivity contribution in [1.82, 2.24) is 10.9 Å². The maximum absolute atomic E-state index is 11.8. The molecule has 0 saturated carbocycles. The summed E-state index contributed by atoms with van der Waals surface area (Å²) < 4.78 is 11.1. The minimum Gasteiger partial charge on any atom is -0.493 e. The van der Waals surface area contributed by atoms with E-state index in [0.29, 0.717) is 23.7 Å². The smallest absolute Gasteiger partial charge is 0.258 e. The van der Waals surface area contributed by atoms with Crippen LogP contribution < -0.4 is 20.3 Å². The molecular weight excluding hydrogens is 348 g/mol. The van der Waals surface area contributed by atoms with Crippen molar-refractivity contribution in [3.63, 3.8) is 0 Å². The van der Waals surface area contributed by atoms with Crippen LogP contribution in [0.25, 0.3) is 0 Å². The summed E-state index contributed by atoms with van der Waals surface area (Å²) in [6.45, 7) is 0.422. The number of amides is 2. The maximum atomic E-state index is 11.8. The van der Waals surface area contributed by atoms with Gasteiger partial charge in [0.1, 0.15) is 6.61 Å². The molecule has 2 N–H and O–H groups in total. The second kappa shape index (κ2) is 8.61. The number of hydrazone groups is 2. The summed E-state index contributed by atoms with van der Waals surface area (Å²) in [5.41, 5.74) is 6.25. The van der Waals surface area contributed by atoms with Crippen molar-refractivity contribution in [2.24, 2.45) is 16.1 Å². The predicted octanol–water partition coefficient (Wildman–Crippen LogP) is 1.46. The summed E-state index contributed by atoms with van der Waals surface area (Å²) >= 11 is 0. The third kappa shape index (κ3) is 4.69. The summed E-state index contributed by atoms with van der Waals surface area (Å²) in [6.07, 6.45) is 2.68. The van der Waals surface area contributed by atoms with Gasteiger partial charge in [-0.1, -0.05) is 30.3 Å². The van der Waals surface area contributed by atoms with Crippen molar-refractivity contribution < 1.29 is 19.1 Å². The van der Waals surface area contributed by atoms with Gasteiger partial charge in [0.05, 0.1) is 13.3 Å². The molecule has 0 aliphatic carbocycles. The largest absolute Gasteiger partial charge is 0.493 e. The van der Waals surface area contributed by atoms with Crippen LogP contribution in [0.2, 0.25) is 0 Å². The summed E-state index contributed by atoms with van der Waals surface area (Å²) in [6, 6.07) is 15.1. The Morgan fingerprint density at radius 2 is 2.07 bits per heavy atom. The van der Waals surface area contributed by atoms with Crippen LogP contribution in [0.5, 0.6) is 11.5 Å². The van der Waals surface area contributed by atoms with E-state index in [-0.39, 0.29) is 0 Å². The van der Waals surface area contributed by atoms with Gasteiger partial charge in [0.25, 0.3) is 11.8 Å². The molecule has 1 aliphatic rings. The molecular formula is C19H18N4O4. The highest BCUT2D eigenvalue weighted by molar-refractivity contribution is 6.15. The van der Waals surface area contributed by atoms with Gasteiger partial charge in [-0.25, -0.2) is 10.9 Å². The molecule has 138 valence electrons. The predicted molar refractivity (Wildman–Crippen MR) is 99.6 cm³/mol. The number of benzene rings is 2. The molecule has 1 atom stereocenters. The van der Waals surface area contributed by atoms with Gasteiger partial charge in [-0.2, -0.15) is 10.2 Å². The average Bonchev–Trinajstić information content (AvgIpc) is 3.13. The van der Waals surface area contributed by atoms with Crippen LogP contribution in [0.1, 0.15) is 11.1 Å². The first-order chi connectivity index (χ1) is 13.2. The van der Waals surface area contributed by atoms with Crippen molar-refractivity contribution in [2.75, 3.05) is 7.11 Å². The molecule has 0 radical (unpaired) electrons. The first-order valence-corrected chi connectivity index (χ1v) is 8.18. The van der Waals surface area contributed by atoms with Gasteiger partial charge in [-0.05, 0) is 29.3 Å². The number of ether oxygens (including phenoxy) is 2. The van der Waals surface area contributed by atoms with E-state index >= 15 is 0 Å². The lowest BCUT2D eigenvalue weighted by atomic mass is 10.1. The van der Waals surface area contributed by atoms with Crippen LogP contribution in [-0.2, 0) is 16.2 Å². The topological polar surface area (TPSA) is 101 Å². The van der Waals surface area contributed by atoms with Gasteiger partial charge in [0.15, 0.2) is 17.4 Å². The molecule has 27 heavy (non-hydrogen) atoms. The number of methoxy groups -OCH3 is 1. The third-order valence-corrected chi connectivity index (χ3v) is 3.78. The van der Waals surface area contributed by atoms with Gasteiger partial charge < -0.3 is 9.47 Å². The molecule has 0 bridgehead atoms. The van der Waals surface area contributed by atoms with E-state index in [2.05, 4.69) is 21.1 Å². The first-order valence-electron chi connectivity index (χ1n) is 8.18. The number of hydrogen-bond donors (Lipinski definition) is 2. The Kier molecular flexibility index (Phi) is 5.78. The fourth-order valence-corrected chi connectivity index (χ4v) is 2.36.